The summed E-state index contributed by atoms with van der Waals surface area (Å²) >= 11 is 4.64. The fraction of sp³-hybridized carbons (Fsp3) is 0.111. The Bertz CT molecular complexity index is 896. The lowest BCUT2D eigenvalue weighted by molar-refractivity contribution is -0.115. The summed E-state index contributed by atoms with van der Waals surface area (Å²) in [5.74, 6) is -0.0239. The molecule has 0 bridgehead atoms. The van der Waals surface area contributed by atoms with E-state index >= 15 is 0 Å². The summed E-state index contributed by atoms with van der Waals surface area (Å²) < 4.78 is 19.5. The van der Waals surface area contributed by atoms with Crippen molar-refractivity contribution in [2.45, 2.75) is 6.42 Å². The molecule has 0 unspecified atom stereocenters. The van der Waals surface area contributed by atoms with Crippen LogP contribution >= 0.6 is 27.3 Å². The second kappa shape index (κ2) is 7.76. The molecule has 1 amide bonds. The van der Waals surface area contributed by atoms with Crippen LogP contribution in [-0.4, -0.2) is 18.0 Å². The van der Waals surface area contributed by atoms with Crippen LogP contribution in [0.3, 0.4) is 0 Å². The third kappa shape index (κ3) is 4.43. The van der Waals surface area contributed by atoms with Crippen molar-refractivity contribution in [1.82, 2.24) is 4.98 Å². The number of carbonyl (C=O) groups excluding carboxylic acids is 1. The van der Waals surface area contributed by atoms with Crippen molar-refractivity contribution in [3.63, 3.8) is 0 Å². The lowest BCUT2D eigenvalue weighted by Gasteiger charge is -2.05. The largest absolute Gasteiger partial charge is 0.497 e. The molecule has 7 heteroatoms. The molecule has 1 N–H and O–H groups in total. The maximum Gasteiger partial charge on any atom is 0.230 e. The lowest BCUT2D eigenvalue weighted by Crippen LogP contribution is -2.15. The first-order chi connectivity index (χ1) is 12.0. The SMILES string of the molecule is COc1ccc(-c2nc(CC(=O)Nc3ccc(Br)cc3F)cs2)cc1. The van der Waals surface area contributed by atoms with E-state index in [4.69, 9.17) is 4.74 Å². The van der Waals surface area contributed by atoms with Crippen molar-refractivity contribution in [2.75, 3.05) is 12.4 Å². The van der Waals surface area contributed by atoms with Crippen LogP contribution in [0.25, 0.3) is 10.6 Å². The van der Waals surface area contributed by atoms with Crippen LogP contribution < -0.4 is 10.1 Å². The van der Waals surface area contributed by atoms with Crippen molar-refractivity contribution in [3.05, 3.63) is 63.8 Å². The Hall–Kier alpha value is -2.25. The van der Waals surface area contributed by atoms with Gasteiger partial charge in [-0.05, 0) is 42.5 Å². The number of carbonyl (C=O) groups is 1. The molecule has 1 heterocycles. The Kier molecular flexibility index (Phi) is 5.45. The fourth-order valence-corrected chi connectivity index (χ4v) is 3.36. The molecule has 3 aromatic rings. The standard InChI is InChI=1S/C18H14BrFN2O2S/c1-24-14-5-2-11(3-6-14)18-21-13(10-25-18)9-17(23)22-16-7-4-12(19)8-15(16)20/h2-8,10H,9H2,1H3,(H,22,23). The Labute approximate surface area is 156 Å². The van der Waals surface area contributed by atoms with E-state index < -0.39 is 5.82 Å². The third-order valence-corrected chi connectivity index (χ3v) is 4.87. The summed E-state index contributed by atoms with van der Waals surface area (Å²) in [5.41, 5.74) is 1.75. The average molecular weight is 421 g/mol. The highest BCUT2D eigenvalue weighted by Gasteiger charge is 2.11. The van der Waals surface area contributed by atoms with Crippen LogP contribution in [-0.2, 0) is 11.2 Å². The van der Waals surface area contributed by atoms with Gasteiger partial charge in [0.1, 0.15) is 16.6 Å². The molecular weight excluding hydrogens is 407 g/mol. The Morgan fingerprint density at radius 1 is 1.28 bits per heavy atom. The number of thiazole rings is 1. The Balaban J connectivity index is 1.67. The lowest BCUT2D eigenvalue weighted by atomic mass is 10.2. The van der Waals surface area contributed by atoms with Gasteiger partial charge in [-0.3, -0.25) is 4.79 Å². The van der Waals surface area contributed by atoms with E-state index in [1.807, 2.05) is 29.6 Å². The van der Waals surface area contributed by atoms with E-state index in [9.17, 15) is 9.18 Å². The number of nitrogens with zero attached hydrogens (tertiary/aromatic N) is 1. The molecule has 4 nitrogen and oxygen atoms in total. The zero-order valence-corrected chi connectivity index (χ0v) is 15.7. The van der Waals surface area contributed by atoms with Gasteiger partial charge >= 0.3 is 0 Å². The number of anilines is 1. The number of halogens is 2. The van der Waals surface area contributed by atoms with Gasteiger partial charge in [-0.15, -0.1) is 11.3 Å². The van der Waals surface area contributed by atoms with Crippen molar-refractivity contribution >= 4 is 38.9 Å². The minimum atomic E-state index is -0.486. The highest BCUT2D eigenvalue weighted by atomic mass is 79.9. The average Bonchev–Trinajstić information content (AvgIpc) is 3.06. The number of methoxy groups -OCH3 is 1. The first kappa shape index (κ1) is 17.6. The molecular formula is C18H14BrFN2O2S. The molecule has 1 aromatic heterocycles. The molecule has 0 fully saturated rings. The number of hydrogen-bond donors (Lipinski definition) is 1. The van der Waals surface area contributed by atoms with Gasteiger partial charge in [0.15, 0.2) is 0 Å². The first-order valence-electron chi connectivity index (χ1n) is 7.39. The molecule has 128 valence electrons. The third-order valence-electron chi connectivity index (χ3n) is 3.44. The molecule has 0 aliphatic heterocycles. The monoisotopic (exact) mass is 420 g/mol. The Morgan fingerprint density at radius 2 is 2.04 bits per heavy atom. The molecule has 3 rings (SSSR count). The number of amides is 1. The minimum absolute atomic E-state index is 0.0855. The summed E-state index contributed by atoms with van der Waals surface area (Å²) in [6.07, 6.45) is 0.0855. The molecule has 0 atom stereocenters. The summed E-state index contributed by atoms with van der Waals surface area (Å²) in [5, 5.41) is 5.21. The first-order valence-corrected chi connectivity index (χ1v) is 9.06. The summed E-state index contributed by atoms with van der Waals surface area (Å²) in [6.45, 7) is 0. The number of aromatic nitrogens is 1. The van der Waals surface area contributed by atoms with E-state index in [0.717, 1.165) is 16.3 Å². The van der Waals surface area contributed by atoms with Crippen LogP contribution in [0.1, 0.15) is 5.69 Å². The van der Waals surface area contributed by atoms with Gasteiger partial charge in [0.2, 0.25) is 5.91 Å². The Morgan fingerprint density at radius 3 is 2.72 bits per heavy atom. The van der Waals surface area contributed by atoms with Gasteiger partial charge in [-0.2, -0.15) is 0 Å². The summed E-state index contributed by atoms with van der Waals surface area (Å²) in [4.78, 5) is 16.6. The van der Waals surface area contributed by atoms with Crippen LogP contribution in [0.15, 0.2) is 52.3 Å². The summed E-state index contributed by atoms with van der Waals surface area (Å²) in [7, 11) is 1.61. The highest BCUT2D eigenvalue weighted by Crippen LogP contribution is 2.26. The van der Waals surface area contributed by atoms with Gasteiger partial charge < -0.3 is 10.1 Å². The predicted octanol–water partition coefficient (Wildman–Crippen LogP) is 4.90. The highest BCUT2D eigenvalue weighted by molar-refractivity contribution is 9.10. The van der Waals surface area contributed by atoms with E-state index in [0.29, 0.717) is 10.2 Å². The van der Waals surface area contributed by atoms with E-state index in [1.165, 1.54) is 23.5 Å². The van der Waals surface area contributed by atoms with Gasteiger partial charge in [0, 0.05) is 15.4 Å². The van der Waals surface area contributed by atoms with Crippen LogP contribution in [0.2, 0.25) is 0 Å². The number of nitrogens with one attached hydrogen (secondary N) is 1. The normalized spacial score (nSPS) is 10.5. The molecule has 2 aromatic carbocycles. The fourth-order valence-electron chi connectivity index (χ4n) is 2.20. The van der Waals surface area contributed by atoms with Crippen molar-refractivity contribution < 1.29 is 13.9 Å². The number of benzene rings is 2. The van der Waals surface area contributed by atoms with Gasteiger partial charge in [-0.25, -0.2) is 9.37 Å². The van der Waals surface area contributed by atoms with Crippen molar-refractivity contribution in [1.29, 1.82) is 0 Å². The second-order valence-electron chi connectivity index (χ2n) is 5.22. The minimum Gasteiger partial charge on any atom is -0.497 e. The van der Waals surface area contributed by atoms with Crippen molar-refractivity contribution in [3.8, 4) is 16.3 Å². The van der Waals surface area contributed by atoms with Gasteiger partial charge in [0.25, 0.3) is 0 Å². The quantitative estimate of drug-likeness (QED) is 0.638. The number of ether oxygens (including phenoxy) is 1. The molecule has 0 radical (unpaired) electrons. The molecule has 25 heavy (non-hydrogen) atoms. The van der Waals surface area contributed by atoms with Crippen LogP contribution in [0, 0.1) is 5.82 Å². The van der Waals surface area contributed by atoms with E-state index in [-0.39, 0.29) is 18.0 Å². The number of rotatable bonds is 5. The molecule has 0 saturated carbocycles. The zero-order chi connectivity index (χ0) is 17.8. The number of hydrogen-bond acceptors (Lipinski definition) is 4. The van der Waals surface area contributed by atoms with Crippen LogP contribution in [0.5, 0.6) is 5.75 Å². The van der Waals surface area contributed by atoms with Crippen molar-refractivity contribution in [2.24, 2.45) is 0 Å². The summed E-state index contributed by atoms with van der Waals surface area (Å²) in [6, 6.07) is 12.0. The van der Waals surface area contributed by atoms with Gasteiger partial charge in [-0.1, -0.05) is 15.9 Å². The maximum absolute atomic E-state index is 13.8. The molecule has 0 aliphatic rings. The van der Waals surface area contributed by atoms with Crippen LogP contribution in [0.4, 0.5) is 10.1 Å². The second-order valence-corrected chi connectivity index (χ2v) is 7.00. The molecule has 0 aliphatic carbocycles. The maximum atomic E-state index is 13.8. The van der Waals surface area contributed by atoms with E-state index in [2.05, 4.69) is 26.2 Å². The molecule has 0 saturated heterocycles. The molecule has 0 spiro atoms. The predicted molar refractivity (Wildman–Crippen MR) is 101 cm³/mol. The zero-order valence-electron chi connectivity index (χ0n) is 13.3. The topological polar surface area (TPSA) is 51.2 Å². The smallest absolute Gasteiger partial charge is 0.230 e. The van der Waals surface area contributed by atoms with E-state index in [1.54, 1.807) is 13.2 Å². The van der Waals surface area contributed by atoms with Gasteiger partial charge in [0.05, 0.1) is 24.9 Å².